The average Bonchev–Trinajstić information content (AvgIpc) is 3.21. The van der Waals surface area contributed by atoms with Gasteiger partial charge in [-0.1, -0.05) is 47.5 Å². The van der Waals surface area contributed by atoms with E-state index in [1.54, 1.807) is 18.3 Å². The Morgan fingerprint density at radius 2 is 1.97 bits per heavy atom. The first kappa shape index (κ1) is 19.4. The Hall–Kier alpha value is -2.91. The SMILES string of the molecule is Cc1ccc2cccc(N/C=C(\C#N)c3nc(-c4ccc(Cl)c(Cl)c4)cs3)c2n1. The summed E-state index contributed by atoms with van der Waals surface area (Å²) in [4.78, 5) is 9.18. The summed E-state index contributed by atoms with van der Waals surface area (Å²) in [5.41, 5.74) is 4.65. The number of hydrogen-bond donors (Lipinski definition) is 1. The van der Waals surface area contributed by atoms with Gasteiger partial charge in [0.2, 0.25) is 0 Å². The number of aryl methyl sites for hydroxylation is 1. The van der Waals surface area contributed by atoms with Crippen LogP contribution >= 0.6 is 34.5 Å². The first-order valence-electron chi connectivity index (χ1n) is 8.69. The summed E-state index contributed by atoms with van der Waals surface area (Å²) in [6.07, 6.45) is 1.66. The van der Waals surface area contributed by atoms with Gasteiger partial charge in [-0.15, -0.1) is 11.3 Å². The lowest BCUT2D eigenvalue weighted by Crippen LogP contribution is -1.94. The topological polar surface area (TPSA) is 61.6 Å². The molecule has 2 aromatic heterocycles. The monoisotopic (exact) mass is 436 g/mol. The van der Waals surface area contributed by atoms with Crippen molar-refractivity contribution >= 4 is 56.7 Å². The van der Waals surface area contributed by atoms with E-state index >= 15 is 0 Å². The third kappa shape index (κ3) is 4.10. The summed E-state index contributed by atoms with van der Waals surface area (Å²) in [6.45, 7) is 1.95. The number of nitrogens with zero attached hydrogens (tertiary/aromatic N) is 3. The lowest BCUT2D eigenvalue weighted by Gasteiger charge is -2.06. The summed E-state index contributed by atoms with van der Waals surface area (Å²) in [5.74, 6) is 0. The number of anilines is 1. The summed E-state index contributed by atoms with van der Waals surface area (Å²) >= 11 is 13.5. The van der Waals surface area contributed by atoms with Crippen LogP contribution in [0.1, 0.15) is 10.7 Å². The molecule has 0 unspecified atom stereocenters. The smallest absolute Gasteiger partial charge is 0.136 e. The fourth-order valence-corrected chi connectivity index (χ4v) is 3.93. The molecule has 0 fully saturated rings. The highest BCUT2D eigenvalue weighted by Crippen LogP contribution is 2.31. The average molecular weight is 437 g/mol. The second-order valence-electron chi connectivity index (χ2n) is 6.31. The van der Waals surface area contributed by atoms with Crippen LogP contribution in [0, 0.1) is 18.3 Å². The number of benzene rings is 2. The molecule has 0 radical (unpaired) electrons. The van der Waals surface area contributed by atoms with Gasteiger partial charge in [0.05, 0.1) is 26.9 Å². The molecule has 0 saturated heterocycles. The number of nitriles is 1. The van der Waals surface area contributed by atoms with E-state index < -0.39 is 0 Å². The molecule has 4 aromatic rings. The first-order chi connectivity index (χ1) is 14.0. The van der Waals surface area contributed by atoms with Crippen LogP contribution in [0.25, 0.3) is 27.7 Å². The second kappa shape index (κ2) is 8.22. The van der Waals surface area contributed by atoms with Crippen LogP contribution in [-0.2, 0) is 0 Å². The molecule has 0 aliphatic rings. The van der Waals surface area contributed by atoms with Gasteiger partial charge >= 0.3 is 0 Å². The van der Waals surface area contributed by atoms with Crippen LogP contribution in [0.5, 0.6) is 0 Å². The van der Waals surface area contributed by atoms with Gasteiger partial charge in [-0.2, -0.15) is 5.26 Å². The Kier molecular flexibility index (Phi) is 5.50. The van der Waals surface area contributed by atoms with Gasteiger partial charge in [-0.05, 0) is 31.2 Å². The zero-order chi connectivity index (χ0) is 20.4. The minimum Gasteiger partial charge on any atom is -0.359 e. The van der Waals surface area contributed by atoms with Crippen molar-refractivity contribution in [3.63, 3.8) is 0 Å². The molecular formula is C22H14Cl2N4S. The van der Waals surface area contributed by atoms with Crippen LogP contribution in [0.2, 0.25) is 10.0 Å². The third-order valence-corrected chi connectivity index (χ3v) is 5.92. The molecule has 0 aliphatic carbocycles. The number of aromatic nitrogens is 2. The molecule has 4 nitrogen and oxygen atoms in total. The van der Waals surface area contributed by atoms with E-state index in [1.807, 2.05) is 48.7 Å². The predicted molar refractivity (Wildman–Crippen MR) is 121 cm³/mol. The summed E-state index contributed by atoms with van der Waals surface area (Å²) in [5, 5.41) is 17.3. The number of halogens is 2. The minimum absolute atomic E-state index is 0.436. The molecule has 4 rings (SSSR count). The zero-order valence-corrected chi connectivity index (χ0v) is 17.6. The van der Waals surface area contributed by atoms with Crippen molar-refractivity contribution in [1.82, 2.24) is 9.97 Å². The van der Waals surface area contributed by atoms with Crippen molar-refractivity contribution in [3.8, 4) is 17.3 Å². The van der Waals surface area contributed by atoms with E-state index in [0.717, 1.165) is 33.5 Å². The van der Waals surface area contributed by atoms with E-state index in [4.69, 9.17) is 23.2 Å². The van der Waals surface area contributed by atoms with Gasteiger partial charge in [-0.3, -0.25) is 4.98 Å². The summed E-state index contributed by atoms with van der Waals surface area (Å²) < 4.78 is 0. The quantitative estimate of drug-likeness (QED) is 0.351. The Morgan fingerprint density at radius 3 is 2.76 bits per heavy atom. The van der Waals surface area contributed by atoms with E-state index in [2.05, 4.69) is 21.4 Å². The largest absolute Gasteiger partial charge is 0.359 e. The molecule has 0 saturated carbocycles. The van der Waals surface area contributed by atoms with E-state index in [1.165, 1.54) is 11.3 Å². The molecule has 0 atom stereocenters. The van der Waals surface area contributed by atoms with Gasteiger partial charge in [0.25, 0.3) is 0 Å². The second-order valence-corrected chi connectivity index (χ2v) is 7.98. The van der Waals surface area contributed by atoms with Crippen molar-refractivity contribution in [2.24, 2.45) is 0 Å². The number of rotatable bonds is 4. The maximum absolute atomic E-state index is 9.63. The number of para-hydroxylation sites is 1. The molecule has 2 heterocycles. The first-order valence-corrected chi connectivity index (χ1v) is 10.3. The lowest BCUT2D eigenvalue weighted by atomic mass is 10.1. The van der Waals surface area contributed by atoms with Crippen LogP contribution in [0.4, 0.5) is 5.69 Å². The third-order valence-electron chi connectivity index (χ3n) is 4.30. The molecule has 0 bridgehead atoms. The van der Waals surface area contributed by atoms with Crippen LogP contribution in [-0.4, -0.2) is 9.97 Å². The lowest BCUT2D eigenvalue weighted by molar-refractivity contribution is 1.25. The normalized spacial score (nSPS) is 11.4. The number of thiazole rings is 1. The van der Waals surface area contributed by atoms with E-state index in [-0.39, 0.29) is 0 Å². The molecule has 1 N–H and O–H groups in total. The zero-order valence-electron chi connectivity index (χ0n) is 15.3. The molecule has 0 amide bonds. The van der Waals surface area contributed by atoms with Crippen LogP contribution in [0.15, 0.2) is 60.1 Å². The van der Waals surface area contributed by atoms with Crippen LogP contribution < -0.4 is 5.32 Å². The minimum atomic E-state index is 0.436. The number of pyridine rings is 1. The van der Waals surface area contributed by atoms with Gasteiger partial charge in [-0.25, -0.2) is 4.98 Å². The fourth-order valence-electron chi connectivity index (χ4n) is 2.84. The highest BCUT2D eigenvalue weighted by atomic mass is 35.5. The Bertz CT molecular complexity index is 1290. The van der Waals surface area contributed by atoms with E-state index in [9.17, 15) is 5.26 Å². The molecule has 142 valence electrons. The number of hydrogen-bond acceptors (Lipinski definition) is 5. The Morgan fingerprint density at radius 1 is 1.10 bits per heavy atom. The number of allylic oxidation sites excluding steroid dienone is 1. The molecule has 7 heteroatoms. The Labute approximate surface area is 182 Å². The summed E-state index contributed by atoms with van der Waals surface area (Å²) in [6, 6.07) is 17.5. The van der Waals surface area contributed by atoms with Gasteiger partial charge in [0.1, 0.15) is 16.6 Å². The molecule has 29 heavy (non-hydrogen) atoms. The van der Waals surface area contributed by atoms with Crippen molar-refractivity contribution in [2.75, 3.05) is 5.32 Å². The van der Waals surface area contributed by atoms with Crippen molar-refractivity contribution in [2.45, 2.75) is 6.92 Å². The van der Waals surface area contributed by atoms with Crippen LogP contribution in [0.3, 0.4) is 0 Å². The van der Waals surface area contributed by atoms with Crippen molar-refractivity contribution in [1.29, 1.82) is 5.26 Å². The van der Waals surface area contributed by atoms with E-state index in [0.29, 0.717) is 20.6 Å². The number of fused-ring (bicyclic) bond motifs is 1. The number of nitrogens with one attached hydrogen (secondary N) is 1. The molecular weight excluding hydrogens is 423 g/mol. The fraction of sp³-hybridized carbons (Fsp3) is 0.0455. The summed E-state index contributed by atoms with van der Waals surface area (Å²) in [7, 11) is 0. The van der Waals surface area contributed by atoms with Crippen molar-refractivity contribution < 1.29 is 0 Å². The maximum Gasteiger partial charge on any atom is 0.136 e. The molecule has 0 aliphatic heterocycles. The van der Waals surface area contributed by atoms with Gasteiger partial charge in [0, 0.05) is 28.2 Å². The molecule has 0 spiro atoms. The maximum atomic E-state index is 9.63. The highest BCUT2D eigenvalue weighted by Gasteiger charge is 2.11. The Balaban J connectivity index is 1.64. The standard InChI is InChI=1S/C22H14Cl2N4S/c1-13-5-6-14-3-2-4-19(21(14)27-13)26-11-16(10-25)22-28-20(12-29-22)15-7-8-17(23)18(24)9-15/h2-9,11-12,26H,1H3/b16-11+. The predicted octanol–water partition coefficient (Wildman–Crippen LogP) is 6.95. The highest BCUT2D eigenvalue weighted by molar-refractivity contribution is 7.11. The van der Waals surface area contributed by atoms with Gasteiger partial charge < -0.3 is 5.32 Å². The molecule has 2 aromatic carbocycles. The van der Waals surface area contributed by atoms with Crippen molar-refractivity contribution in [3.05, 3.63) is 80.9 Å². The van der Waals surface area contributed by atoms with Gasteiger partial charge in [0.15, 0.2) is 0 Å².